The molecule has 2 aromatic rings. The van der Waals surface area contributed by atoms with Crippen molar-refractivity contribution >= 4 is 11.6 Å². The zero-order valence-corrected chi connectivity index (χ0v) is 12.7. The molecule has 22 heavy (non-hydrogen) atoms. The first-order valence-electron chi connectivity index (χ1n) is 7.24. The molecule has 0 saturated carbocycles. The van der Waals surface area contributed by atoms with Crippen LogP contribution in [0.1, 0.15) is 5.56 Å². The largest absolute Gasteiger partial charge is 0.395 e. The molecule has 0 bridgehead atoms. The van der Waals surface area contributed by atoms with E-state index in [0.29, 0.717) is 13.1 Å². The number of rotatable bonds is 7. The number of anilines is 1. The van der Waals surface area contributed by atoms with Gasteiger partial charge in [-0.25, -0.2) is 0 Å². The first-order chi connectivity index (χ1) is 10.7. The summed E-state index contributed by atoms with van der Waals surface area (Å²) < 4.78 is 0. The summed E-state index contributed by atoms with van der Waals surface area (Å²) in [6, 6.07) is 13.3. The van der Waals surface area contributed by atoms with Crippen LogP contribution in [0.4, 0.5) is 5.69 Å². The molecule has 1 N–H and O–H groups in total. The van der Waals surface area contributed by atoms with Gasteiger partial charge in [0.1, 0.15) is 0 Å². The summed E-state index contributed by atoms with van der Waals surface area (Å²) in [5.41, 5.74) is 1.88. The quantitative estimate of drug-likeness (QED) is 0.842. The lowest BCUT2D eigenvalue weighted by Crippen LogP contribution is -2.39. The molecule has 5 heteroatoms. The van der Waals surface area contributed by atoms with Crippen LogP contribution in [0.25, 0.3) is 0 Å². The van der Waals surface area contributed by atoms with E-state index in [9.17, 15) is 9.90 Å². The van der Waals surface area contributed by atoms with Gasteiger partial charge in [-0.05, 0) is 23.8 Å². The van der Waals surface area contributed by atoms with Crippen molar-refractivity contribution in [2.45, 2.75) is 6.54 Å². The minimum absolute atomic E-state index is 0.0106. The molecular formula is C17H21N3O2. The van der Waals surface area contributed by atoms with E-state index >= 15 is 0 Å². The normalized spacial score (nSPS) is 10.7. The van der Waals surface area contributed by atoms with E-state index in [2.05, 4.69) is 4.98 Å². The van der Waals surface area contributed by atoms with Gasteiger partial charge in [0.05, 0.1) is 13.2 Å². The molecule has 0 aliphatic heterocycles. The van der Waals surface area contributed by atoms with E-state index in [1.165, 1.54) is 0 Å². The van der Waals surface area contributed by atoms with Gasteiger partial charge in [0.25, 0.3) is 0 Å². The lowest BCUT2D eigenvalue weighted by Gasteiger charge is -2.24. The number of benzene rings is 1. The van der Waals surface area contributed by atoms with E-state index in [-0.39, 0.29) is 19.1 Å². The minimum Gasteiger partial charge on any atom is -0.395 e. The van der Waals surface area contributed by atoms with E-state index in [4.69, 9.17) is 0 Å². The Hall–Kier alpha value is -2.24. The lowest BCUT2D eigenvalue weighted by molar-refractivity contribution is -0.119. The molecule has 1 amide bonds. The minimum atomic E-state index is -0.0106. The second kappa shape index (κ2) is 8.26. The third-order valence-corrected chi connectivity index (χ3v) is 3.42. The number of carbonyl (C=O) groups excluding carboxylic acids is 1. The molecule has 0 spiro atoms. The Morgan fingerprint density at radius 1 is 1.18 bits per heavy atom. The summed E-state index contributed by atoms with van der Waals surface area (Å²) in [5, 5.41) is 9.20. The number of aliphatic hydroxyl groups is 1. The van der Waals surface area contributed by atoms with Crippen LogP contribution in [0.5, 0.6) is 0 Å². The van der Waals surface area contributed by atoms with Crippen LogP contribution in [-0.2, 0) is 11.3 Å². The summed E-state index contributed by atoms with van der Waals surface area (Å²) >= 11 is 0. The molecule has 1 heterocycles. The molecule has 0 saturated heterocycles. The fraction of sp³-hybridized carbons (Fsp3) is 0.294. The molecule has 0 atom stereocenters. The van der Waals surface area contributed by atoms with Gasteiger partial charge in [-0.2, -0.15) is 0 Å². The maximum absolute atomic E-state index is 12.4. The fourth-order valence-corrected chi connectivity index (χ4v) is 2.20. The number of pyridine rings is 1. The molecule has 5 nitrogen and oxygen atoms in total. The molecule has 116 valence electrons. The Bertz CT molecular complexity index is 575. The Balaban J connectivity index is 1.99. The fourth-order valence-electron chi connectivity index (χ4n) is 2.20. The summed E-state index contributed by atoms with van der Waals surface area (Å²) in [6.07, 6.45) is 3.49. The van der Waals surface area contributed by atoms with Gasteiger partial charge < -0.3 is 10.0 Å². The summed E-state index contributed by atoms with van der Waals surface area (Å²) in [7, 11) is 1.76. The second-order valence-electron chi connectivity index (χ2n) is 5.08. The average Bonchev–Trinajstić information content (AvgIpc) is 2.56. The van der Waals surface area contributed by atoms with Gasteiger partial charge in [0.2, 0.25) is 5.91 Å². The lowest BCUT2D eigenvalue weighted by atomic mass is 10.2. The van der Waals surface area contributed by atoms with Crippen LogP contribution >= 0.6 is 0 Å². The van der Waals surface area contributed by atoms with E-state index in [0.717, 1.165) is 11.3 Å². The highest BCUT2D eigenvalue weighted by atomic mass is 16.3. The molecule has 2 rings (SSSR count). The van der Waals surface area contributed by atoms with Crippen LogP contribution in [0.15, 0.2) is 54.9 Å². The number of nitrogens with zero attached hydrogens (tertiary/aromatic N) is 3. The number of amides is 1. The molecule has 1 aromatic carbocycles. The van der Waals surface area contributed by atoms with Crippen molar-refractivity contribution in [3.8, 4) is 0 Å². The predicted octanol–water partition coefficient (Wildman–Crippen LogP) is 1.54. The smallest absolute Gasteiger partial charge is 0.240 e. The highest BCUT2D eigenvalue weighted by Crippen LogP contribution is 2.12. The Labute approximate surface area is 130 Å². The Morgan fingerprint density at radius 2 is 1.95 bits per heavy atom. The number of hydrogen-bond donors (Lipinski definition) is 1. The zero-order valence-electron chi connectivity index (χ0n) is 12.7. The second-order valence-corrected chi connectivity index (χ2v) is 5.08. The number of hydrogen-bond acceptors (Lipinski definition) is 4. The first-order valence-corrected chi connectivity index (χ1v) is 7.24. The highest BCUT2D eigenvalue weighted by molar-refractivity contribution is 5.94. The van der Waals surface area contributed by atoms with Crippen molar-refractivity contribution in [3.63, 3.8) is 0 Å². The third-order valence-electron chi connectivity index (χ3n) is 3.42. The van der Waals surface area contributed by atoms with Crippen molar-refractivity contribution in [2.75, 3.05) is 31.6 Å². The van der Waals surface area contributed by atoms with E-state index in [1.54, 1.807) is 24.3 Å². The number of aromatic nitrogens is 1. The highest BCUT2D eigenvalue weighted by Gasteiger charge is 2.15. The zero-order chi connectivity index (χ0) is 15.8. The van der Waals surface area contributed by atoms with Gasteiger partial charge in [0.15, 0.2) is 0 Å². The summed E-state index contributed by atoms with van der Waals surface area (Å²) in [5.74, 6) is -0.0106. The molecule has 0 unspecified atom stereocenters. The van der Waals surface area contributed by atoms with Crippen molar-refractivity contribution in [2.24, 2.45) is 0 Å². The predicted molar refractivity (Wildman–Crippen MR) is 86.5 cm³/mol. The standard InChI is InChI=1S/C17H21N3O2/c1-19(16-7-3-2-4-8-16)17(22)14-20(10-11-21)13-15-6-5-9-18-12-15/h2-9,12,21H,10-11,13-14H2,1H3. The van der Waals surface area contributed by atoms with Crippen LogP contribution in [0.2, 0.25) is 0 Å². The van der Waals surface area contributed by atoms with Crippen LogP contribution in [-0.4, -0.2) is 47.6 Å². The van der Waals surface area contributed by atoms with Crippen molar-refractivity contribution in [1.82, 2.24) is 9.88 Å². The van der Waals surface area contributed by atoms with Crippen molar-refractivity contribution < 1.29 is 9.90 Å². The van der Waals surface area contributed by atoms with Gasteiger partial charge in [-0.15, -0.1) is 0 Å². The Morgan fingerprint density at radius 3 is 2.59 bits per heavy atom. The molecular weight excluding hydrogens is 278 g/mol. The van der Waals surface area contributed by atoms with E-state index in [1.807, 2.05) is 47.4 Å². The third kappa shape index (κ3) is 4.65. The topological polar surface area (TPSA) is 56.7 Å². The summed E-state index contributed by atoms with van der Waals surface area (Å²) in [4.78, 5) is 20.0. The number of aliphatic hydroxyl groups excluding tert-OH is 1. The number of likely N-dealkylation sites (N-methyl/N-ethyl adjacent to an activating group) is 1. The Kier molecular flexibility index (Phi) is 6.06. The van der Waals surface area contributed by atoms with Crippen LogP contribution in [0.3, 0.4) is 0 Å². The molecule has 1 aromatic heterocycles. The molecule has 0 radical (unpaired) electrons. The number of para-hydroxylation sites is 1. The average molecular weight is 299 g/mol. The van der Waals surface area contributed by atoms with Crippen molar-refractivity contribution in [3.05, 3.63) is 60.4 Å². The molecule has 0 aliphatic carbocycles. The van der Waals surface area contributed by atoms with Crippen LogP contribution < -0.4 is 4.90 Å². The number of carbonyl (C=O) groups is 1. The van der Waals surface area contributed by atoms with Crippen molar-refractivity contribution in [1.29, 1.82) is 0 Å². The van der Waals surface area contributed by atoms with Gasteiger partial charge in [-0.3, -0.25) is 14.7 Å². The molecule has 0 fully saturated rings. The van der Waals surface area contributed by atoms with Gasteiger partial charge in [0, 0.05) is 38.2 Å². The van der Waals surface area contributed by atoms with E-state index < -0.39 is 0 Å². The van der Waals surface area contributed by atoms with Gasteiger partial charge >= 0.3 is 0 Å². The maximum atomic E-state index is 12.4. The van der Waals surface area contributed by atoms with Gasteiger partial charge in [-0.1, -0.05) is 24.3 Å². The summed E-state index contributed by atoms with van der Waals surface area (Å²) in [6.45, 7) is 1.30. The maximum Gasteiger partial charge on any atom is 0.240 e. The SMILES string of the molecule is CN(C(=O)CN(CCO)Cc1cccnc1)c1ccccc1. The molecule has 0 aliphatic rings. The van der Waals surface area contributed by atoms with Crippen LogP contribution in [0, 0.1) is 0 Å². The first kappa shape index (κ1) is 16.1. The monoisotopic (exact) mass is 299 g/mol.